The van der Waals surface area contributed by atoms with Gasteiger partial charge in [0.1, 0.15) is 17.5 Å². The summed E-state index contributed by atoms with van der Waals surface area (Å²) in [7, 11) is 2.80. The van der Waals surface area contributed by atoms with E-state index >= 15 is 0 Å². The topological polar surface area (TPSA) is 69.7 Å². The maximum Gasteiger partial charge on any atom is 0.316 e. The molecular weight excluding hydrogens is 260 g/mol. The van der Waals surface area contributed by atoms with Crippen molar-refractivity contribution >= 4 is 17.5 Å². The van der Waals surface area contributed by atoms with E-state index < -0.39 is 17.8 Å². The highest BCUT2D eigenvalue weighted by molar-refractivity contribution is 6.11. The zero-order valence-corrected chi connectivity index (χ0v) is 11.4. The van der Waals surface area contributed by atoms with E-state index in [9.17, 15) is 14.4 Å². The number of carbonyl (C=O) groups excluding carboxylic acids is 3. The van der Waals surface area contributed by atoms with Crippen LogP contribution in [-0.2, 0) is 19.1 Å². The molecule has 106 valence electrons. The van der Waals surface area contributed by atoms with Gasteiger partial charge in [-0.05, 0) is 17.7 Å². The summed E-state index contributed by atoms with van der Waals surface area (Å²) in [6.07, 6.45) is -0.00967. The number of ketones is 2. The van der Waals surface area contributed by atoms with Gasteiger partial charge in [0, 0.05) is 12.3 Å². The van der Waals surface area contributed by atoms with Crippen molar-refractivity contribution in [1.29, 1.82) is 0 Å². The first kappa shape index (κ1) is 14.2. The van der Waals surface area contributed by atoms with Crippen LogP contribution in [0.15, 0.2) is 24.3 Å². The SMILES string of the molecule is COC(=O)C1C(=O)CC(=O)CC1c1ccc(OC)cc1. The number of benzene rings is 1. The molecule has 20 heavy (non-hydrogen) atoms. The van der Waals surface area contributed by atoms with E-state index in [1.807, 2.05) is 0 Å². The minimum atomic E-state index is -0.897. The number of Topliss-reactive ketones (excluding diaryl/α,β-unsaturated/α-hetero) is 2. The number of carbonyl (C=O) groups is 3. The zero-order valence-electron chi connectivity index (χ0n) is 11.4. The number of methoxy groups -OCH3 is 2. The van der Waals surface area contributed by atoms with Crippen LogP contribution in [-0.4, -0.2) is 31.8 Å². The van der Waals surface area contributed by atoms with Crippen molar-refractivity contribution in [2.24, 2.45) is 5.92 Å². The van der Waals surface area contributed by atoms with E-state index in [1.54, 1.807) is 31.4 Å². The minimum absolute atomic E-state index is 0.143. The van der Waals surface area contributed by atoms with Gasteiger partial charge in [0.05, 0.1) is 20.6 Å². The normalized spacial score (nSPS) is 22.5. The second-order valence-electron chi connectivity index (χ2n) is 4.77. The molecule has 1 aliphatic carbocycles. The molecule has 0 bridgehead atoms. The van der Waals surface area contributed by atoms with Gasteiger partial charge in [-0.25, -0.2) is 0 Å². The molecule has 0 spiro atoms. The first-order chi connectivity index (χ1) is 9.56. The predicted molar refractivity (Wildman–Crippen MR) is 70.5 cm³/mol. The highest BCUT2D eigenvalue weighted by Gasteiger charge is 2.42. The summed E-state index contributed by atoms with van der Waals surface area (Å²) in [5.74, 6) is -1.77. The van der Waals surface area contributed by atoms with E-state index in [1.165, 1.54) is 7.11 Å². The molecule has 0 radical (unpaired) electrons. The summed E-state index contributed by atoms with van der Waals surface area (Å²) >= 11 is 0. The minimum Gasteiger partial charge on any atom is -0.497 e. The van der Waals surface area contributed by atoms with E-state index in [-0.39, 0.29) is 24.4 Å². The van der Waals surface area contributed by atoms with Crippen molar-refractivity contribution < 1.29 is 23.9 Å². The number of rotatable bonds is 3. The standard InChI is InChI=1S/C15H16O5/c1-19-11-5-3-9(4-6-11)12-7-10(16)8-13(17)14(12)15(18)20-2/h3-6,12,14H,7-8H2,1-2H3. The second kappa shape index (κ2) is 5.86. The molecule has 5 heteroatoms. The summed E-state index contributed by atoms with van der Waals surface area (Å²) < 4.78 is 9.76. The van der Waals surface area contributed by atoms with Gasteiger partial charge in [-0.15, -0.1) is 0 Å². The molecule has 0 heterocycles. The Kier molecular flexibility index (Phi) is 4.17. The Morgan fingerprint density at radius 3 is 2.35 bits per heavy atom. The van der Waals surface area contributed by atoms with Crippen molar-refractivity contribution in [2.45, 2.75) is 18.8 Å². The maximum absolute atomic E-state index is 12.0. The lowest BCUT2D eigenvalue weighted by Crippen LogP contribution is -2.37. The highest BCUT2D eigenvalue weighted by atomic mass is 16.5. The van der Waals surface area contributed by atoms with Gasteiger partial charge in [-0.2, -0.15) is 0 Å². The molecular formula is C15H16O5. The van der Waals surface area contributed by atoms with Crippen molar-refractivity contribution in [3.05, 3.63) is 29.8 Å². The molecule has 1 aliphatic rings. The van der Waals surface area contributed by atoms with E-state index in [4.69, 9.17) is 9.47 Å². The number of esters is 1. The van der Waals surface area contributed by atoms with E-state index in [0.29, 0.717) is 5.75 Å². The Labute approximate surface area is 116 Å². The van der Waals surface area contributed by atoms with Crippen LogP contribution in [0.3, 0.4) is 0 Å². The van der Waals surface area contributed by atoms with Crippen LogP contribution in [0.4, 0.5) is 0 Å². The smallest absolute Gasteiger partial charge is 0.316 e. The van der Waals surface area contributed by atoms with Crippen molar-refractivity contribution in [2.75, 3.05) is 14.2 Å². The Morgan fingerprint density at radius 2 is 1.80 bits per heavy atom. The molecule has 0 aliphatic heterocycles. The molecule has 1 fully saturated rings. The summed E-state index contributed by atoms with van der Waals surface area (Å²) in [6, 6.07) is 7.02. The molecule has 1 saturated carbocycles. The van der Waals surface area contributed by atoms with Crippen molar-refractivity contribution in [1.82, 2.24) is 0 Å². The first-order valence-electron chi connectivity index (χ1n) is 6.33. The Balaban J connectivity index is 2.34. The van der Waals surface area contributed by atoms with Crippen LogP contribution < -0.4 is 4.74 Å². The fourth-order valence-electron chi connectivity index (χ4n) is 2.55. The zero-order chi connectivity index (χ0) is 14.7. The molecule has 1 aromatic rings. The lowest BCUT2D eigenvalue weighted by atomic mass is 9.74. The third-order valence-electron chi connectivity index (χ3n) is 3.57. The van der Waals surface area contributed by atoms with Gasteiger partial charge >= 0.3 is 5.97 Å². The molecule has 0 saturated heterocycles. The lowest BCUT2D eigenvalue weighted by molar-refractivity contribution is -0.152. The molecule has 5 nitrogen and oxygen atoms in total. The fraction of sp³-hybridized carbons (Fsp3) is 0.400. The first-order valence-corrected chi connectivity index (χ1v) is 6.33. The van der Waals surface area contributed by atoms with E-state index in [2.05, 4.69) is 0 Å². The van der Waals surface area contributed by atoms with Gasteiger partial charge in [-0.1, -0.05) is 12.1 Å². The van der Waals surface area contributed by atoms with Gasteiger partial charge < -0.3 is 9.47 Å². The van der Waals surface area contributed by atoms with Crippen molar-refractivity contribution in [3.63, 3.8) is 0 Å². The number of hydrogen-bond donors (Lipinski definition) is 0. The maximum atomic E-state index is 12.0. The Hall–Kier alpha value is -2.17. The molecule has 2 atom stereocenters. The summed E-state index contributed by atoms with van der Waals surface area (Å²) in [5.41, 5.74) is 0.766. The van der Waals surface area contributed by atoms with Gasteiger partial charge in [0.2, 0.25) is 0 Å². The van der Waals surface area contributed by atoms with Crippen molar-refractivity contribution in [3.8, 4) is 5.75 Å². The molecule has 1 aromatic carbocycles. The van der Waals surface area contributed by atoms with Crippen LogP contribution >= 0.6 is 0 Å². The van der Waals surface area contributed by atoms with Gasteiger partial charge in [-0.3, -0.25) is 14.4 Å². The van der Waals surface area contributed by atoms with E-state index in [0.717, 1.165) is 5.56 Å². The van der Waals surface area contributed by atoms with Crippen LogP contribution in [0.5, 0.6) is 5.75 Å². The second-order valence-corrected chi connectivity index (χ2v) is 4.77. The molecule has 0 N–H and O–H groups in total. The predicted octanol–water partition coefficient (Wildman–Crippen LogP) is 1.50. The van der Waals surface area contributed by atoms with Crippen LogP contribution in [0.1, 0.15) is 24.3 Å². The van der Waals surface area contributed by atoms with Crippen LogP contribution in [0, 0.1) is 5.92 Å². The molecule has 0 amide bonds. The summed E-state index contributed by atoms with van der Waals surface area (Å²) in [6.45, 7) is 0. The number of ether oxygens (including phenoxy) is 2. The summed E-state index contributed by atoms with van der Waals surface area (Å²) in [4.78, 5) is 35.4. The largest absolute Gasteiger partial charge is 0.497 e. The average Bonchev–Trinajstić information content (AvgIpc) is 2.46. The molecule has 2 unspecified atom stereocenters. The number of hydrogen-bond acceptors (Lipinski definition) is 5. The summed E-state index contributed by atoms with van der Waals surface area (Å²) in [5, 5.41) is 0. The average molecular weight is 276 g/mol. The van der Waals surface area contributed by atoms with Gasteiger partial charge in [0.25, 0.3) is 0 Å². The quantitative estimate of drug-likeness (QED) is 0.618. The fourth-order valence-corrected chi connectivity index (χ4v) is 2.55. The highest BCUT2D eigenvalue weighted by Crippen LogP contribution is 2.35. The third-order valence-corrected chi connectivity index (χ3v) is 3.57. The molecule has 0 aromatic heterocycles. The Bertz CT molecular complexity index is 532. The monoisotopic (exact) mass is 276 g/mol. The Morgan fingerprint density at radius 1 is 1.15 bits per heavy atom. The van der Waals surface area contributed by atoms with Gasteiger partial charge in [0.15, 0.2) is 5.78 Å². The van der Waals surface area contributed by atoms with Crippen LogP contribution in [0.25, 0.3) is 0 Å². The molecule has 2 rings (SSSR count). The third kappa shape index (κ3) is 2.71. The lowest BCUT2D eigenvalue weighted by Gasteiger charge is -2.28. The van der Waals surface area contributed by atoms with Crippen LogP contribution in [0.2, 0.25) is 0 Å².